The van der Waals surface area contributed by atoms with E-state index in [1.54, 1.807) is 0 Å². The van der Waals surface area contributed by atoms with Crippen molar-refractivity contribution in [2.45, 2.75) is 0 Å². The molecule has 0 saturated heterocycles. The first-order valence-electron chi connectivity index (χ1n) is 10.6. The molecule has 5 rings (SSSR count). The molecule has 0 unspecified atom stereocenters. The molecule has 0 aliphatic heterocycles. The Bertz CT molecular complexity index is 994. The third-order valence-corrected chi connectivity index (χ3v) is 5.86. The van der Waals surface area contributed by atoms with Crippen molar-refractivity contribution in [2.24, 2.45) is 0 Å². The third-order valence-electron chi connectivity index (χ3n) is 5.86. The summed E-state index contributed by atoms with van der Waals surface area (Å²) in [6, 6.07) is 47.4. The van der Waals surface area contributed by atoms with E-state index in [-0.39, 0.29) is 0 Å². The molecule has 0 bridgehead atoms. The predicted octanol–water partition coefficient (Wildman–Crippen LogP) is 2.95. The molecule has 0 aliphatic carbocycles. The molecule has 1 heterocycles. The Morgan fingerprint density at radius 1 is 0.419 bits per heavy atom. The summed E-state index contributed by atoms with van der Waals surface area (Å²) < 4.78 is 0. The zero-order valence-electron chi connectivity index (χ0n) is 17.6. The standard InChI is InChI=1S/C24H20B.C4H6N2/c1-5-13-21(14-6-1)25(22-15-7-2-8-16-22,23-17-9-3-10-18-23)24-19-11-4-12-20-24;5-4-2-1-3-6-4/h1-20H;1-3,6H,5H2/q-1;/p+1. The summed E-state index contributed by atoms with van der Waals surface area (Å²) in [5, 5.41) is 0. The van der Waals surface area contributed by atoms with Crippen LogP contribution in [0.3, 0.4) is 0 Å². The minimum Gasteiger partial charge on any atom is -0.318 e. The maximum atomic E-state index is 3.62. The van der Waals surface area contributed by atoms with Gasteiger partial charge in [0.05, 0.1) is 0 Å². The van der Waals surface area contributed by atoms with Crippen LogP contribution in [-0.2, 0) is 0 Å². The summed E-state index contributed by atoms with van der Waals surface area (Å²) >= 11 is 0. The number of hydrogen-bond acceptors (Lipinski definition) is 0. The molecule has 0 fully saturated rings. The lowest BCUT2D eigenvalue weighted by Crippen LogP contribution is -2.74. The van der Waals surface area contributed by atoms with E-state index in [0.717, 1.165) is 5.82 Å². The van der Waals surface area contributed by atoms with Crippen molar-refractivity contribution in [1.29, 1.82) is 0 Å². The topological polar surface area (TPSA) is 43.4 Å². The quantitative estimate of drug-likeness (QED) is 0.434. The summed E-state index contributed by atoms with van der Waals surface area (Å²) in [5.74, 6) is 0.968. The van der Waals surface area contributed by atoms with Gasteiger partial charge >= 0.3 is 0 Å². The molecule has 4 N–H and O–H groups in total. The van der Waals surface area contributed by atoms with Gasteiger partial charge < -0.3 is 10.7 Å². The highest BCUT2D eigenvalue weighted by atomic mass is 14.8. The Morgan fingerprint density at radius 2 is 0.742 bits per heavy atom. The number of aromatic nitrogens is 1. The molecule has 0 atom stereocenters. The van der Waals surface area contributed by atoms with Gasteiger partial charge in [-0.2, -0.15) is 21.9 Å². The van der Waals surface area contributed by atoms with Gasteiger partial charge in [0.2, 0.25) is 0 Å². The van der Waals surface area contributed by atoms with Crippen molar-refractivity contribution < 1.29 is 5.73 Å². The second kappa shape index (κ2) is 9.79. The molecule has 0 saturated carbocycles. The zero-order chi connectivity index (χ0) is 21.4. The van der Waals surface area contributed by atoms with Crippen LogP contribution in [0.5, 0.6) is 0 Å². The molecule has 0 amide bonds. The van der Waals surface area contributed by atoms with Gasteiger partial charge in [0.15, 0.2) is 5.82 Å². The van der Waals surface area contributed by atoms with E-state index in [2.05, 4.69) is 132 Å². The van der Waals surface area contributed by atoms with E-state index >= 15 is 0 Å². The smallest absolute Gasteiger partial charge is 0.200 e. The van der Waals surface area contributed by atoms with Gasteiger partial charge in [-0.25, -0.2) is 0 Å². The van der Waals surface area contributed by atoms with Gasteiger partial charge in [0.1, 0.15) is 6.15 Å². The molecule has 4 aromatic carbocycles. The van der Waals surface area contributed by atoms with Crippen LogP contribution in [0, 0.1) is 0 Å². The summed E-state index contributed by atoms with van der Waals surface area (Å²) in [7, 11) is 0. The SMILES string of the molecule is [NH3+]c1ccc[nH]1.c1ccc([B-](c2ccccc2)(c2ccccc2)c2ccccc2)cc1. The van der Waals surface area contributed by atoms with E-state index in [4.69, 9.17) is 0 Å². The van der Waals surface area contributed by atoms with Gasteiger partial charge in [0.25, 0.3) is 0 Å². The normalized spacial score (nSPS) is 10.7. The Morgan fingerprint density at radius 3 is 0.935 bits per heavy atom. The van der Waals surface area contributed by atoms with Crippen LogP contribution < -0.4 is 27.6 Å². The maximum absolute atomic E-state index is 3.62. The number of nitrogens with one attached hydrogen (secondary N) is 1. The first kappa shape index (κ1) is 20.5. The molecule has 0 aliphatic rings. The molecule has 3 heteroatoms. The highest BCUT2D eigenvalue weighted by molar-refractivity contribution is 7.19. The van der Waals surface area contributed by atoms with Crippen LogP contribution in [-0.4, -0.2) is 11.1 Å². The fourth-order valence-electron chi connectivity index (χ4n) is 4.49. The summed E-state index contributed by atoms with van der Waals surface area (Å²) in [6.45, 7) is 0. The van der Waals surface area contributed by atoms with Crippen LogP contribution in [0.25, 0.3) is 0 Å². The van der Waals surface area contributed by atoms with Gasteiger partial charge in [-0.3, -0.25) is 0 Å². The highest BCUT2D eigenvalue weighted by Gasteiger charge is 2.30. The summed E-state index contributed by atoms with van der Waals surface area (Å²) in [4.78, 5) is 2.89. The Balaban J connectivity index is 0.000000334. The Hall–Kier alpha value is -3.82. The predicted molar refractivity (Wildman–Crippen MR) is 133 cm³/mol. The molecule has 5 aromatic rings. The van der Waals surface area contributed by atoms with E-state index in [9.17, 15) is 0 Å². The number of aromatic amines is 1. The lowest BCUT2D eigenvalue weighted by Gasteiger charge is -2.44. The maximum Gasteiger partial charge on any atom is 0.200 e. The molecule has 1 aromatic heterocycles. The minimum absolute atomic E-state index is 0.968. The molecule has 2 nitrogen and oxygen atoms in total. The molecule has 31 heavy (non-hydrogen) atoms. The number of rotatable bonds is 4. The molecule has 152 valence electrons. The Kier molecular flexibility index (Phi) is 6.46. The number of H-pyrrole nitrogens is 1. The van der Waals surface area contributed by atoms with E-state index in [1.807, 2.05) is 18.3 Å². The van der Waals surface area contributed by atoms with Crippen LogP contribution in [0.2, 0.25) is 0 Å². The molecular weight excluding hydrogens is 375 g/mol. The third kappa shape index (κ3) is 4.37. The van der Waals surface area contributed by atoms with E-state index in [0.29, 0.717) is 0 Å². The van der Waals surface area contributed by atoms with Crippen molar-refractivity contribution in [3.05, 3.63) is 140 Å². The van der Waals surface area contributed by atoms with Crippen LogP contribution in [0.4, 0.5) is 5.82 Å². The Labute approximate surface area is 184 Å². The first-order valence-corrected chi connectivity index (χ1v) is 10.6. The molecular formula is C28H27BN2. The van der Waals surface area contributed by atoms with Crippen molar-refractivity contribution in [2.75, 3.05) is 0 Å². The minimum atomic E-state index is -1.22. The first-order chi connectivity index (χ1) is 15.3. The molecule has 0 radical (unpaired) electrons. The van der Waals surface area contributed by atoms with Crippen LogP contribution >= 0.6 is 0 Å². The van der Waals surface area contributed by atoms with Gasteiger partial charge in [-0.1, -0.05) is 121 Å². The highest BCUT2D eigenvalue weighted by Crippen LogP contribution is 2.09. The van der Waals surface area contributed by atoms with Crippen molar-refractivity contribution in [3.8, 4) is 0 Å². The van der Waals surface area contributed by atoms with E-state index < -0.39 is 6.15 Å². The number of hydrogen-bond donors (Lipinski definition) is 2. The van der Waals surface area contributed by atoms with Crippen LogP contribution in [0.1, 0.15) is 0 Å². The van der Waals surface area contributed by atoms with Gasteiger partial charge in [-0.15, -0.1) is 0 Å². The average molecular weight is 402 g/mol. The second-order valence-electron chi connectivity index (χ2n) is 7.70. The second-order valence-corrected chi connectivity index (χ2v) is 7.70. The van der Waals surface area contributed by atoms with Crippen molar-refractivity contribution >= 4 is 33.8 Å². The zero-order valence-corrected chi connectivity index (χ0v) is 17.6. The fraction of sp³-hybridized carbons (Fsp3) is 0. The number of quaternary nitrogens is 1. The molecule has 0 spiro atoms. The summed E-state index contributed by atoms with van der Waals surface area (Å²) in [6.07, 6.45) is 0.634. The van der Waals surface area contributed by atoms with Gasteiger partial charge in [0, 0.05) is 12.3 Å². The van der Waals surface area contributed by atoms with E-state index in [1.165, 1.54) is 21.9 Å². The monoisotopic (exact) mass is 402 g/mol. The van der Waals surface area contributed by atoms with Gasteiger partial charge in [-0.05, 0) is 6.07 Å². The van der Waals surface area contributed by atoms with Crippen molar-refractivity contribution in [1.82, 2.24) is 4.98 Å². The lowest BCUT2D eigenvalue weighted by atomic mass is 9.13. The number of benzene rings is 4. The van der Waals surface area contributed by atoms with Crippen LogP contribution in [0.15, 0.2) is 140 Å². The fourth-order valence-corrected chi connectivity index (χ4v) is 4.49. The van der Waals surface area contributed by atoms with Crippen molar-refractivity contribution in [3.63, 3.8) is 0 Å². The lowest BCUT2D eigenvalue weighted by molar-refractivity contribution is -0.260. The summed E-state index contributed by atoms with van der Waals surface area (Å²) in [5.41, 5.74) is 8.98. The largest absolute Gasteiger partial charge is 0.318 e. The average Bonchev–Trinajstić information content (AvgIpc) is 3.34.